The van der Waals surface area contributed by atoms with Crippen LogP contribution in [0.3, 0.4) is 0 Å². The maximum absolute atomic E-state index is 11.9. The fraction of sp³-hybridized carbons (Fsp3) is 0.429. The first-order valence-electron chi connectivity index (χ1n) is 6.40. The molecule has 0 bridgehead atoms. The van der Waals surface area contributed by atoms with Crippen molar-refractivity contribution in [1.29, 1.82) is 0 Å². The normalized spacial score (nSPS) is 17.6. The second-order valence-electron chi connectivity index (χ2n) is 5.32. The average Bonchev–Trinajstić information content (AvgIpc) is 2.36. The van der Waals surface area contributed by atoms with Crippen molar-refractivity contribution in [3.63, 3.8) is 0 Å². The van der Waals surface area contributed by atoms with Crippen LogP contribution in [0.15, 0.2) is 29.4 Å². The lowest BCUT2D eigenvalue weighted by Gasteiger charge is -2.39. The molecule has 0 atom stereocenters. The third-order valence-corrected chi connectivity index (χ3v) is 3.62. The fourth-order valence-electron chi connectivity index (χ4n) is 2.25. The van der Waals surface area contributed by atoms with Crippen LogP contribution in [0.4, 0.5) is 0 Å². The van der Waals surface area contributed by atoms with Crippen LogP contribution in [-0.4, -0.2) is 22.5 Å². The van der Waals surface area contributed by atoms with Crippen LogP contribution < -0.4 is 11.1 Å². The number of hydrogen-bond acceptors (Lipinski definition) is 3. The number of hydrogen-bond donors (Lipinski definition) is 3. The Hall–Kier alpha value is -2.04. The molecular weight excluding hydrogens is 242 g/mol. The molecule has 1 aromatic carbocycles. The molecule has 19 heavy (non-hydrogen) atoms. The molecule has 1 aromatic rings. The van der Waals surface area contributed by atoms with E-state index in [2.05, 4.69) is 17.4 Å². The van der Waals surface area contributed by atoms with Crippen LogP contribution in [0, 0.1) is 0 Å². The smallest absolute Gasteiger partial charge is 0.224 e. The molecule has 1 fully saturated rings. The summed E-state index contributed by atoms with van der Waals surface area (Å²) in [5.74, 6) is 0.108. The van der Waals surface area contributed by atoms with E-state index >= 15 is 0 Å². The highest BCUT2D eigenvalue weighted by Crippen LogP contribution is 2.30. The van der Waals surface area contributed by atoms with Gasteiger partial charge < -0.3 is 16.3 Å². The topological polar surface area (TPSA) is 87.7 Å². The molecule has 0 unspecified atom stereocenters. The highest BCUT2D eigenvalue weighted by atomic mass is 16.4. The summed E-state index contributed by atoms with van der Waals surface area (Å²) in [6.07, 6.45) is 3.65. The monoisotopic (exact) mass is 261 g/mol. The molecule has 1 aliphatic carbocycles. The van der Waals surface area contributed by atoms with E-state index in [4.69, 9.17) is 10.9 Å². The second kappa shape index (κ2) is 5.30. The third-order valence-electron chi connectivity index (χ3n) is 3.62. The van der Waals surface area contributed by atoms with E-state index in [1.807, 2.05) is 12.1 Å². The molecule has 0 heterocycles. The van der Waals surface area contributed by atoms with Crippen molar-refractivity contribution in [3.05, 3.63) is 35.4 Å². The van der Waals surface area contributed by atoms with Gasteiger partial charge in [0, 0.05) is 11.1 Å². The molecule has 0 aliphatic heterocycles. The number of nitrogens with two attached hydrogens (primary N) is 1. The van der Waals surface area contributed by atoms with E-state index in [9.17, 15) is 4.79 Å². The van der Waals surface area contributed by atoms with Gasteiger partial charge in [-0.05, 0) is 31.7 Å². The van der Waals surface area contributed by atoms with Gasteiger partial charge in [0.15, 0.2) is 5.84 Å². The minimum absolute atomic E-state index is 0.00893. The lowest BCUT2D eigenvalue weighted by molar-refractivity contribution is -0.123. The van der Waals surface area contributed by atoms with Crippen molar-refractivity contribution >= 4 is 11.7 Å². The van der Waals surface area contributed by atoms with Gasteiger partial charge in [0.2, 0.25) is 5.91 Å². The molecule has 1 aliphatic rings. The molecule has 4 N–H and O–H groups in total. The summed E-state index contributed by atoms with van der Waals surface area (Å²) in [5, 5.41) is 14.6. The minimum atomic E-state index is -0.00893. The van der Waals surface area contributed by atoms with Gasteiger partial charge in [-0.3, -0.25) is 4.79 Å². The minimum Gasteiger partial charge on any atom is -0.409 e. The van der Waals surface area contributed by atoms with E-state index in [1.54, 1.807) is 12.1 Å². The molecule has 5 nitrogen and oxygen atoms in total. The summed E-state index contributed by atoms with van der Waals surface area (Å²) in [6, 6.07) is 7.11. The summed E-state index contributed by atoms with van der Waals surface area (Å²) in [7, 11) is 0. The number of benzene rings is 1. The van der Waals surface area contributed by atoms with Crippen molar-refractivity contribution in [3.8, 4) is 0 Å². The van der Waals surface area contributed by atoms with E-state index < -0.39 is 0 Å². The maximum atomic E-state index is 11.9. The molecule has 0 saturated heterocycles. The molecule has 1 amide bonds. The first kappa shape index (κ1) is 13.4. The van der Waals surface area contributed by atoms with Gasteiger partial charge in [-0.2, -0.15) is 0 Å². The predicted octanol–water partition coefficient (Wildman–Crippen LogP) is 1.38. The predicted molar refractivity (Wildman–Crippen MR) is 73.1 cm³/mol. The SMILES string of the molecule is CC1(NC(=O)Cc2ccc(/C(N)=N/O)cc2)CCC1. The van der Waals surface area contributed by atoms with Crippen LogP contribution in [0.25, 0.3) is 0 Å². The second-order valence-corrected chi connectivity index (χ2v) is 5.32. The fourth-order valence-corrected chi connectivity index (χ4v) is 2.25. The van der Waals surface area contributed by atoms with Crippen LogP contribution in [0.5, 0.6) is 0 Å². The first-order chi connectivity index (χ1) is 9.02. The van der Waals surface area contributed by atoms with Crippen LogP contribution >= 0.6 is 0 Å². The Kier molecular flexibility index (Phi) is 3.74. The molecule has 2 rings (SSSR count). The van der Waals surface area contributed by atoms with Gasteiger partial charge >= 0.3 is 0 Å². The van der Waals surface area contributed by atoms with E-state index in [0.29, 0.717) is 12.0 Å². The summed E-state index contributed by atoms with van der Waals surface area (Å²) in [6.45, 7) is 2.08. The molecule has 1 saturated carbocycles. The molecular formula is C14H19N3O2. The molecule has 102 valence electrons. The summed E-state index contributed by atoms with van der Waals surface area (Å²) in [5.41, 5.74) is 7.01. The number of amidine groups is 1. The van der Waals surface area contributed by atoms with E-state index in [0.717, 1.165) is 18.4 Å². The number of carbonyl (C=O) groups excluding carboxylic acids is 1. The zero-order valence-electron chi connectivity index (χ0n) is 11.0. The number of amides is 1. The van der Waals surface area contributed by atoms with Crippen molar-refractivity contribution in [2.75, 3.05) is 0 Å². The Morgan fingerprint density at radius 1 is 1.42 bits per heavy atom. The molecule has 5 heteroatoms. The van der Waals surface area contributed by atoms with Gasteiger partial charge in [-0.1, -0.05) is 29.4 Å². The van der Waals surface area contributed by atoms with Crippen molar-refractivity contribution in [2.45, 2.75) is 38.1 Å². The average molecular weight is 261 g/mol. The molecule has 0 aromatic heterocycles. The van der Waals surface area contributed by atoms with Crippen molar-refractivity contribution in [2.24, 2.45) is 10.9 Å². The van der Waals surface area contributed by atoms with Crippen LogP contribution in [0.1, 0.15) is 37.3 Å². The van der Waals surface area contributed by atoms with Gasteiger partial charge in [0.25, 0.3) is 0 Å². The number of carbonyl (C=O) groups is 1. The maximum Gasteiger partial charge on any atom is 0.224 e. The van der Waals surface area contributed by atoms with Crippen molar-refractivity contribution in [1.82, 2.24) is 5.32 Å². The Morgan fingerprint density at radius 2 is 2.05 bits per heavy atom. The largest absolute Gasteiger partial charge is 0.409 e. The van der Waals surface area contributed by atoms with Gasteiger partial charge in [-0.25, -0.2) is 0 Å². The third kappa shape index (κ3) is 3.24. The van der Waals surface area contributed by atoms with Gasteiger partial charge in [0.1, 0.15) is 0 Å². The lowest BCUT2D eigenvalue weighted by Crippen LogP contribution is -2.51. The first-order valence-corrected chi connectivity index (χ1v) is 6.40. The Bertz CT molecular complexity index is 490. The number of nitrogens with one attached hydrogen (secondary N) is 1. The van der Waals surface area contributed by atoms with Crippen molar-refractivity contribution < 1.29 is 10.0 Å². The van der Waals surface area contributed by atoms with Crippen LogP contribution in [0.2, 0.25) is 0 Å². The standard InChI is InChI=1S/C14H19N3O2/c1-14(7-2-8-14)16-12(18)9-10-3-5-11(6-4-10)13(15)17-19/h3-6,19H,2,7-9H2,1H3,(H2,15,17)(H,16,18). The zero-order chi connectivity index (χ0) is 13.9. The van der Waals surface area contributed by atoms with Crippen LogP contribution in [-0.2, 0) is 11.2 Å². The molecule has 0 radical (unpaired) electrons. The Morgan fingerprint density at radius 3 is 2.53 bits per heavy atom. The number of rotatable bonds is 4. The highest BCUT2D eigenvalue weighted by Gasteiger charge is 2.32. The molecule has 0 spiro atoms. The summed E-state index contributed by atoms with van der Waals surface area (Å²) in [4.78, 5) is 11.9. The summed E-state index contributed by atoms with van der Waals surface area (Å²) < 4.78 is 0. The van der Waals surface area contributed by atoms with E-state index in [-0.39, 0.29) is 17.3 Å². The quantitative estimate of drug-likeness (QED) is 0.331. The van der Waals surface area contributed by atoms with E-state index in [1.165, 1.54) is 6.42 Å². The highest BCUT2D eigenvalue weighted by molar-refractivity contribution is 5.97. The number of oxime groups is 1. The zero-order valence-corrected chi connectivity index (χ0v) is 11.0. The van der Waals surface area contributed by atoms with Gasteiger partial charge in [0.05, 0.1) is 6.42 Å². The Labute approximate surface area is 112 Å². The number of nitrogens with zero attached hydrogens (tertiary/aromatic N) is 1. The Balaban J connectivity index is 1.94. The van der Waals surface area contributed by atoms with Gasteiger partial charge in [-0.15, -0.1) is 0 Å². The summed E-state index contributed by atoms with van der Waals surface area (Å²) >= 11 is 0. The lowest BCUT2D eigenvalue weighted by atomic mass is 9.78.